The van der Waals surface area contributed by atoms with Gasteiger partial charge in [0.25, 0.3) is 0 Å². The molecule has 112 valence electrons. The van der Waals surface area contributed by atoms with Gasteiger partial charge < -0.3 is 19.6 Å². The summed E-state index contributed by atoms with van der Waals surface area (Å²) in [5, 5.41) is 17.0. The summed E-state index contributed by atoms with van der Waals surface area (Å²) in [6.07, 6.45) is -3.55. The molecule has 0 bridgehead atoms. The van der Waals surface area contributed by atoms with Crippen molar-refractivity contribution in [2.75, 3.05) is 5.32 Å². The summed E-state index contributed by atoms with van der Waals surface area (Å²) < 4.78 is 45.2. The molecular formula is C12H9F3N3O3-. The Morgan fingerprint density at radius 2 is 2.29 bits per heavy atom. The lowest BCUT2D eigenvalue weighted by molar-refractivity contribution is -0.255. The fraction of sp³-hybridized carbons (Fsp3) is 0.333. The molecule has 3 rings (SSSR count). The molecule has 0 amide bonds. The van der Waals surface area contributed by atoms with Crippen molar-refractivity contribution in [1.82, 2.24) is 9.78 Å². The van der Waals surface area contributed by atoms with Crippen LogP contribution in [0.25, 0.3) is 0 Å². The maximum Gasteiger partial charge on any atom is 0.410 e. The van der Waals surface area contributed by atoms with Crippen molar-refractivity contribution in [3.63, 3.8) is 0 Å². The molecule has 2 aromatic heterocycles. The van der Waals surface area contributed by atoms with Gasteiger partial charge in [-0.3, -0.25) is 0 Å². The Hall–Kier alpha value is -2.45. The average molecular weight is 300 g/mol. The Labute approximate surface area is 116 Å². The molecule has 0 radical (unpaired) electrons. The molecule has 1 aliphatic rings. The number of aromatic nitrogens is 2. The molecule has 0 aromatic carbocycles. The standard InChI is InChI=1S/C12H10F3N3O3/c13-12(14,15)9-4-6(8-2-1-3-21-8)16-10-5-7(11(19)20)17-18(9)10/h1-3,5-6,9,16H,4H2,(H,19,20)/p-1/t6-,9+/m0/s1. The Kier molecular flexibility index (Phi) is 2.92. The number of nitrogens with one attached hydrogen (secondary N) is 1. The number of alkyl halides is 3. The number of halogens is 3. The first-order chi connectivity index (χ1) is 9.86. The first kappa shape index (κ1) is 13.5. The van der Waals surface area contributed by atoms with Crippen LogP contribution in [0.2, 0.25) is 0 Å². The molecule has 1 aliphatic heterocycles. The first-order valence-electron chi connectivity index (χ1n) is 6.04. The number of anilines is 1. The SMILES string of the molecule is O=C([O-])c1cc2n(n1)[C@@H](C(F)(F)F)C[C@@H](c1ccco1)N2. The van der Waals surface area contributed by atoms with E-state index < -0.39 is 29.9 Å². The number of nitrogens with zero attached hydrogens (tertiary/aromatic N) is 2. The van der Waals surface area contributed by atoms with E-state index in [1.165, 1.54) is 6.26 Å². The molecule has 21 heavy (non-hydrogen) atoms. The number of carbonyl (C=O) groups excluding carboxylic acids is 1. The van der Waals surface area contributed by atoms with E-state index in [2.05, 4.69) is 10.4 Å². The summed E-state index contributed by atoms with van der Waals surface area (Å²) in [5.74, 6) is -1.33. The molecule has 9 heteroatoms. The van der Waals surface area contributed by atoms with E-state index in [1.807, 2.05) is 0 Å². The van der Waals surface area contributed by atoms with Gasteiger partial charge in [-0.05, 0) is 12.1 Å². The predicted molar refractivity (Wildman–Crippen MR) is 61.3 cm³/mol. The second-order valence-corrected chi connectivity index (χ2v) is 4.65. The summed E-state index contributed by atoms with van der Waals surface area (Å²) in [7, 11) is 0. The molecule has 6 nitrogen and oxygen atoms in total. The number of hydrogen-bond acceptors (Lipinski definition) is 5. The number of carboxylic acid groups (broad SMARTS) is 1. The Morgan fingerprint density at radius 1 is 1.52 bits per heavy atom. The van der Waals surface area contributed by atoms with E-state index in [4.69, 9.17) is 4.42 Å². The van der Waals surface area contributed by atoms with Gasteiger partial charge in [0.2, 0.25) is 0 Å². The van der Waals surface area contributed by atoms with Gasteiger partial charge in [0.1, 0.15) is 17.3 Å². The molecular weight excluding hydrogens is 291 g/mol. The van der Waals surface area contributed by atoms with E-state index in [9.17, 15) is 23.1 Å². The maximum atomic E-state index is 13.2. The number of carboxylic acids is 1. The number of carbonyl (C=O) groups is 1. The maximum absolute atomic E-state index is 13.2. The molecule has 0 spiro atoms. The highest BCUT2D eigenvalue weighted by Gasteiger charge is 2.47. The minimum absolute atomic E-state index is 0.0378. The smallest absolute Gasteiger partial charge is 0.410 e. The molecule has 0 saturated carbocycles. The lowest BCUT2D eigenvalue weighted by atomic mass is 10.0. The molecule has 0 fully saturated rings. The molecule has 2 atom stereocenters. The number of hydrogen-bond donors (Lipinski definition) is 1. The largest absolute Gasteiger partial charge is 0.543 e. The van der Waals surface area contributed by atoms with Gasteiger partial charge >= 0.3 is 6.18 Å². The topological polar surface area (TPSA) is 83.1 Å². The quantitative estimate of drug-likeness (QED) is 0.908. The monoisotopic (exact) mass is 300 g/mol. The second-order valence-electron chi connectivity index (χ2n) is 4.65. The average Bonchev–Trinajstić information content (AvgIpc) is 3.05. The highest BCUT2D eigenvalue weighted by molar-refractivity contribution is 5.84. The fourth-order valence-electron chi connectivity index (χ4n) is 2.35. The minimum atomic E-state index is -4.56. The Bertz CT molecular complexity index is 663. The molecule has 0 unspecified atom stereocenters. The summed E-state index contributed by atoms with van der Waals surface area (Å²) >= 11 is 0. The first-order valence-corrected chi connectivity index (χ1v) is 6.04. The van der Waals surface area contributed by atoms with E-state index in [-0.39, 0.29) is 12.2 Å². The summed E-state index contributed by atoms with van der Waals surface area (Å²) in [4.78, 5) is 10.8. The molecule has 3 heterocycles. The fourth-order valence-corrected chi connectivity index (χ4v) is 2.35. The summed E-state index contributed by atoms with van der Waals surface area (Å²) in [5.41, 5.74) is -0.549. The minimum Gasteiger partial charge on any atom is -0.543 e. The van der Waals surface area contributed by atoms with Crippen molar-refractivity contribution in [3.8, 4) is 0 Å². The van der Waals surface area contributed by atoms with Crippen LogP contribution in [0, 0.1) is 0 Å². The molecule has 2 aromatic rings. The number of rotatable bonds is 2. The zero-order valence-electron chi connectivity index (χ0n) is 10.4. The van der Waals surface area contributed by atoms with Crippen LogP contribution in [0.15, 0.2) is 28.9 Å². The third kappa shape index (κ3) is 2.34. The zero-order chi connectivity index (χ0) is 15.2. The van der Waals surface area contributed by atoms with Crippen LogP contribution in [0.3, 0.4) is 0 Å². The molecule has 1 N–H and O–H groups in total. The molecule has 0 aliphatic carbocycles. The summed E-state index contributed by atoms with van der Waals surface area (Å²) in [6, 6.07) is 1.49. The van der Waals surface area contributed by atoms with Crippen LogP contribution in [0.4, 0.5) is 19.0 Å². The van der Waals surface area contributed by atoms with Gasteiger partial charge in [-0.25, -0.2) is 4.68 Å². The van der Waals surface area contributed by atoms with Gasteiger partial charge in [0.15, 0.2) is 6.04 Å². The van der Waals surface area contributed by atoms with Crippen molar-refractivity contribution >= 4 is 11.8 Å². The Morgan fingerprint density at radius 3 is 2.86 bits per heavy atom. The lowest BCUT2D eigenvalue weighted by Crippen LogP contribution is -2.35. The third-order valence-electron chi connectivity index (χ3n) is 3.29. The van der Waals surface area contributed by atoms with Gasteiger partial charge in [0, 0.05) is 12.5 Å². The van der Waals surface area contributed by atoms with E-state index in [0.29, 0.717) is 10.4 Å². The third-order valence-corrected chi connectivity index (χ3v) is 3.29. The van der Waals surface area contributed by atoms with Crippen molar-refractivity contribution in [2.24, 2.45) is 0 Å². The number of aromatic carboxylic acids is 1. The van der Waals surface area contributed by atoms with E-state index in [0.717, 1.165) is 6.07 Å². The van der Waals surface area contributed by atoms with Gasteiger partial charge in [-0.2, -0.15) is 18.3 Å². The van der Waals surface area contributed by atoms with Crippen LogP contribution in [-0.2, 0) is 0 Å². The second kappa shape index (κ2) is 4.54. The van der Waals surface area contributed by atoms with Crippen molar-refractivity contribution in [1.29, 1.82) is 0 Å². The predicted octanol–water partition coefficient (Wildman–Crippen LogP) is 1.50. The van der Waals surface area contributed by atoms with Gasteiger partial charge in [-0.15, -0.1) is 0 Å². The van der Waals surface area contributed by atoms with E-state index >= 15 is 0 Å². The van der Waals surface area contributed by atoms with Crippen LogP contribution in [0.1, 0.15) is 34.8 Å². The number of furan rings is 1. The van der Waals surface area contributed by atoms with Crippen LogP contribution in [0.5, 0.6) is 0 Å². The Balaban J connectivity index is 2.03. The van der Waals surface area contributed by atoms with Crippen LogP contribution in [-0.4, -0.2) is 21.9 Å². The van der Waals surface area contributed by atoms with Crippen molar-refractivity contribution < 1.29 is 27.5 Å². The lowest BCUT2D eigenvalue weighted by Gasteiger charge is -2.32. The van der Waals surface area contributed by atoms with Gasteiger partial charge in [-0.1, -0.05) is 0 Å². The highest BCUT2D eigenvalue weighted by atomic mass is 19.4. The normalized spacial score (nSPS) is 21.7. The van der Waals surface area contributed by atoms with Crippen LogP contribution >= 0.6 is 0 Å². The zero-order valence-corrected chi connectivity index (χ0v) is 10.4. The highest BCUT2D eigenvalue weighted by Crippen LogP contribution is 2.43. The van der Waals surface area contributed by atoms with Crippen LogP contribution < -0.4 is 10.4 Å². The summed E-state index contributed by atoms with van der Waals surface area (Å²) in [6.45, 7) is 0. The number of fused-ring (bicyclic) bond motifs is 1. The molecule has 0 saturated heterocycles. The van der Waals surface area contributed by atoms with E-state index in [1.54, 1.807) is 12.1 Å². The van der Waals surface area contributed by atoms with Crippen molar-refractivity contribution in [2.45, 2.75) is 24.7 Å². The van der Waals surface area contributed by atoms with Crippen molar-refractivity contribution in [3.05, 3.63) is 35.9 Å². The van der Waals surface area contributed by atoms with Gasteiger partial charge in [0.05, 0.1) is 18.3 Å².